The molecule has 0 saturated carbocycles. The quantitative estimate of drug-likeness (QED) is 0.314. The SMILES string of the molecule is C#CCNC(=O)c1c(C)cc(Nc2nccn3c(-c4cn(CC#C)nc4C(F)(F)F)cnc23)cc1F. The summed E-state index contributed by atoms with van der Waals surface area (Å²) in [6.07, 6.45) is 10.8. The molecule has 0 bridgehead atoms. The molecule has 36 heavy (non-hydrogen) atoms. The Hall–Kier alpha value is -4.84. The second kappa shape index (κ2) is 9.43. The molecule has 3 heterocycles. The fourth-order valence-corrected chi connectivity index (χ4v) is 3.66. The summed E-state index contributed by atoms with van der Waals surface area (Å²) < 4.78 is 58.1. The highest BCUT2D eigenvalue weighted by molar-refractivity contribution is 5.96. The summed E-state index contributed by atoms with van der Waals surface area (Å²) in [5.41, 5.74) is -0.615. The van der Waals surface area contributed by atoms with Crippen molar-refractivity contribution < 1.29 is 22.4 Å². The maximum atomic E-state index is 14.7. The summed E-state index contributed by atoms with van der Waals surface area (Å²) in [5.74, 6) is 3.19. The van der Waals surface area contributed by atoms with Crippen molar-refractivity contribution in [2.75, 3.05) is 11.9 Å². The molecule has 4 aromatic rings. The zero-order chi connectivity index (χ0) is 26.0. The fraction of sp³-hybridized carbons (Fsp3) is 0.167. The third kappa shape index (κ3) is 4.57. The summed E-state index contributed by atoms with van der Waals surface area (Å²) in [7, 11) is 0. The zero-order valence-corrected chi connectivity index (χ0v) is 18.7. The highest BCUT2D eigenvalue weighted by atomic mass is 19.4. The second-order valence-electron chi connectivity index (χ2n) is 7.57. The number of imidazole rings is 1. The molecule has 8 nitrogen and oxygen atoms in total. The highest BCUT2D eigenvalue weighted by Gasteiger charge is 2.38. The number of aromatic nitrogens is 5. The first-order chi connectivity index (χ1) is 17.1. The number of nitrogens with one attached hydrogen (secondary N) is 2. The molecule has 0 saturated heterocycles. The van der Waals surface area contributed by atoms with Gasteiger partial charge in [-0.3, -0.25) is 13.9 Å². The van der Waals surface area contributed by atoms with Gasteiger partial charge < -0.3 is 10.6 Å². The van der Waals surface area contributed by atoms with Gasteiger partial charge >= 0.3 is 6.18 Å². The van der Waals surface area contributed by atoms with E-state index in [2.05, 4.69) is 37.5 Å². The number of benzene rings is 1. The van der Waals surface area contributed by atoms with E-state index in [1.807, 2.05) is 0 Å². The molecule has 0 spiro atoms. The molecule has 3 aromatic heterocycles. The monoisotopic (exact) mass is 495 g/mol. The van der Waals surface area contributed by atoms with E-state index in [9.17, 15) is 22.4 Å². The minimum Gasteiger partial charge on any atom is -0.341 e. The van der Waals surface area contributed by atoms with Crippen LogP contribution in [0.15, 0.2) is 36.9 Å². The van der Waals surface area contributed by atoms with Crippen LogP contribution in [0.4, 0.5) is 29.1 Å². The molecule has 0 fully saturated rings. The van der Waals surface area contributed by atoms with Crippen LogP contribution in [-0.2, 0) is 12.7 Å². The Morgan fingerprint density at radius 1 is 1.19 bits per heavy atom. The molecule has 2 N–H and O–H groups in total. The Morgan fingerprint density at radius 3 is 2.64 bits per heavy atom. The van der Waals surface area contributed by atoms with Crippen LogP contribution in [0.1, 0.15) is 21.6 Å². The maximum Gasteiger partial charge on any atom is 0.435 e. The average molecular weight is 495 g/mol. The van der Waals surface area contributed by atoms with E-state index in [0.717, 1.165) is 10.7 Å². The number of terminal acetylenes is 2. The normalized spacial score (nSPS) is 11.2. The van der Waals surface area contributed by atoms with Gasteiger partial charge in [0, 0.05) is 24.3 Å². The molecule has 1 aromatic carbocycles. The molecule has 4 rings (SSSR count). The number of carbonyl (C=O) groups is 1. The third-order valence-electron chi connectivity index (χ3n) is 5.12. The lowest BCUT2D eigenvalue weighted by Gasteiger charge is -2.12. The first kappa shape index (κ1) is 24.3. The second-order valence-corrected chi connectivity index (χ2v) is 7.57. The summed E-state index contributed by atoms with van der Waals surface area (Å²) in [5, 5.41) is 8.89. The number of anilines is 2. The van der Waals surface area contributed by atoms with E-state index >= 15 is 0 Å². The number of alkyl halides is 3. The summed E-state index contributed by atoms with van der Waals surface area (Å²) in [4.78, 5) is 20.6. The van der Waals surface area contributed by atoms with Crippen LogP contribution < -0.4 is 10.6 Å². The van der Waals surface area contributed by atoms with Gasteiger partial charge in [0.15, 0.2) is 17.2 Å². The van der Waals surface area contributed by atoms with Crippen molar-refractivity contribution in [3.63, 3.8) is 0 Å². The van der Waals surface area contributed by atoms with Crippen LogP contribution in [0.3, 0.4) is 0 Å². The van der Waals surface area contributed by atoms with Crippen molar-refractivity contribution >= 4 is 23.1 Å². The number of rotatable bonds is 6. The van der Waals surface area contributed by atoms with Gasteiger partial charge in [0.25, 0.3) is 5.91 Å². The van der Waals surface area contributed by atoms with Gasteiger partial charge in [0.05, 0.1) is 29.6 Å². The number of nitrogens with zero attached hydrogens (tertiary/aromatic N) is 5. The van der Waals surface area contributed by atoms with Gasteiger partial charge in [-0.25, -0.2) is 14.4 Å². The van der Waals surface area contributed by atoms with Gasteiger partial charge in [0.2, 0.25) is 0 Å². The molecule has 182 valence electrons. The first-order valence-corrected chi connectivity index (χ1v) is 10.3. The van der Waals surface area contributed by atoms with Crippen LogP contribution in [0.2, 0.25) is 0 Å². The predicted molar refractivity (Wildman–Crippen MR) is 124 cm³/mol. The number of amides is 1. The van der Waals surface area contributed by atoms with Crippen molar-refractivity contribution in [3.05, 3.63) is 59.6 Å². The number of halogens is 4. The Morgan fingerprint density at radius 2 is 1.97 bits per heavy atom. The Bertz CT molecular complexity index is 1530. The van der Waals surface area contributed by atoms with Crippen molar-refractivity contribution in [1.29, 1.82) is 0 Å². The van der Waals surface area contributed by atoms with Gasteiger partial charge in [0.1, 0.15) is 12.4 Å². The smallest absolute Gasteiger partial charge is 0.341 e. The Kier molecular flexibility index (Phi) is 6.36. The molecule has 0 unspecified atom stereocenters. The van der Waals surface area contributed by atoms with Gasteiger partial charge in [-0.05, 0) is 24.6 Å². The molecule has 0 radical (unpaired) electrons. The summed E-state index contributed by atoms with van der Waals surface area (Å²) in [6.45, 7) is 1.35. The number of hydrogen-bond donors (Lipinski definition) is 2. The van der Waals surface area contributed by atoms with Gasteiger partial charge in [-0.2, -0.15) is 18.3 Å². The largest absolute Gasteiger partial charge is 0.435 e. The Labute approximate surface area is 202 Å². The molecule has 0 aliphatic carbocycles. The van der Waals surface area contributed by atoms with Crippen molar-refractivity contribution in [3.8, 4) is 35.9 Å². The van der Waals surface area contributed by atoms with Crippen LogP contribution in [-0.4, -0.2) is 36.6 Å². The van der Waals surface area contributed by atoms with E-state index in [1.165, 1.54) is 35.3 Å². The summed E-state index contributed by atoms with van der Waals surface area (Å²) in [6, 6.07) is 2.62. The van der Waals surface area contributed by atoms with E-state index in [0.29, 0.717) is 5.56 Å². The first-order valence-electron chi connectivity index (χ1n) is 10.3. The Balaban J connectivity index is 1.73. The van der Waals surface area contributed by atoms with Crippen LogP contribution in [0, 0.1) is 37.4 Å². The lowest BCUT2D eigenvalue weighted by atomic mass is 10.1. The fourth-order valence-electron chi connectivity index (χ4n) is 3.66. The van der Waals surface area contributed by atoms with E-state index in [1.54, 1.807) is 6.92 Å². The van der Waals surface area contributed by atoms with E-state index in [4.69, 9.17) is 12.8 Å². The maximum absolute atomic E-state index is 14.7. The third-order valence-corrected chi connectivity index (χ3v) is 5.12. The molecule has 0 atom stereocenters. The minimum absolute atomic E-state index is 0.0520. The van der Waals surface area contributed by atoms with E-state index < -0.39 is 23.6 Å². The topological polar surface area (TPSA) is 89.1 Å². The van der Waals surface area contributed by atoms with Crippen molar-refractivity contribution in [2.45, 2.75) is 19.6 Å². The summed E-state index contributed by atoms with van der Waals surface area (Å²) >= 11 is 0. The predicted octanol–water partition coefficient (Wildman–Crippen LogP) is 3.80. The lowest BCUT2D eigenvalue weighted by molar-refractivity contribution is -0.141. The molecule has 0 aliphatic rings. The molecular formula is C24H17F4N7O. The van der Waals surface area contributed by atoms with E-state index in [-0.39, 0.29) is 47.1 Å². The lowest BCUT2D eigenvalue weighted by Crippen LogP contribution is -2.25. The van der Waals surface area contributed by atoms with Crippen LogP contribution in [0.25, 0.3) is 16.9 Å². The van der Waals surface area contributed by atoms with Crippen LogP contribution >= 0.6 is 0 Å². The minimum atomic E-state index is -4.73. The zero-order valence-electron chi connectivity index (χ0n) is 18.7. The molecule has 12 heteroatoms. The number of fused-ring (bicyclic) bond motifs is 1. The standard InChI is InChI=1S/C24H17F4N7O/c1-4-6-30-23(36)19-14(3)10-15(11-17(19)25)32-21-22-31-12-18(35(22)9-7-29-21)16-13-34(8-5-2)33-20(16)24(26,27)28/h1-2,7,9-13H,6,8H2,3H3,(H,29,32)(H,30,36). The number of aryl methyl sites for hydroxylation is 1. The van der Waals surface area contributed by atoms with Crippen molar-refractivity contribution in [2.24, 2.45) is 0 Å². The molecular weight excluding hydrogens is 478 g/mol. The number of hydrogen-bond acceptors (Lipinski definition) is 5. The molecule has 0 aliphatic heterocycles. The van der Waals surface area contributed by atoms with Crippen LogP contribution in [0.5, 0.6) is 0 Å². The van der Waals surface area contributed by atoms with Crippen molar-refractivity contribution in [1.82, 2.24) is 29.5 Å². The van der Waals surface area contributed by atoms with Gasteiger partial charge in [-0.1, -0.05) is 11.8 Å². The highest BCUT2D eigenvalue weighted by Crippen LogP contribution is 2.37. The number of carbonyl (C=O) groups excluding carboxylic acids is 1. The van der Waals surface area contributed by atoms with Gasteiger partial charge in [-0.15, -0.1) is 12.8 Å². The molecule has 1 amide bonds. The average Bonchev–Trinajstić information content (AvgIpc) is 3.42.